The Hall–Kier alpha value is -2.17. The van der Waals surface area contributed by atoms with Crippen LogP contribution in [-0.2, 0) is 6.42 Å². The van der Waals surface area contributed by atoms with Crippen molar-refractivity contribution in [1.82, 2.24) is 15.0 Å². The van der Waals surface area contributed by atoms with E-state index in [4.69, 9.17) is 4.74 Å². The fourth-order valence-electron chi connectivity index (χ4n) is 1.86. The Morgan fingerprint density at radius 3 is 2.89 bits per heavy atom. The predicted octanol–water partition coefficient (Wildman–Crippen LogP) is 2.23. The molecule has 0 fully saturated rings. The summed E-state index contributed by atoms with van der Waals surface area (Å²) in [5.74, 6) is 1.31. The minimum Gasteiger partial charge on any atom is -0.481 e. The van der Waals surface area contributed by atoms with Crippen molar-refractivity contribution in [2.24, 2.45) is 0 Å². The Kier molecular flexibility index (Phi) is 4.28. The molecule has 0 aliphatic heterocycles. The minimum absolute atomic E-state index is 0.230. The van der Waals surface area contributed by atoms with Crippen molar-refractivity contribution in [2.75, 3.05) is 12.4 Å². The molecule has 5 nitrogen and oxygen atoms in total. The summed E-state index contributed by atoms with van der Waals surface area (Å²) < 4.78 is 5.07. The smallest absolute Gasteiger partial charge is 0.218 e. The van der Waals surface area contributed by atoms with Gasteiger partial charge >= 0.3 is 0 Å². The second-order valence-electron chi connectivity index (χ2n) is 4.46. The van der Waals surface area contributed by atoms with Crippen molar-refractivity contribution in [3.05, 3.63) is 42.0 Å². The van der Waals surface area contributed by atoms with Gasteiger partial charge in [-0.15, -0.1) is 0 Å². The first kappa shape index (κ1) is 13.3. The number of aromatic nitrogens is 3. The van der Waals surface area contributed by atoms with Gasteiger partial charge in [-0.3, -0.25) is 4.98 Å². The van der Waals surface area contributed by atoms with Gasteiger partial charge in [0.2, 0.25) is 5.88 Å². The van der Waals surface area contributed by atoms with E-state index < -0.39 is 0 Å². The van der Waals surface area contributed by atoms with E-state index in [0.29, 0.717) is 5.88 Å². The maximum Gasteiger partial charge on any atom is 0.218 e. The number of aryl methyl sites for hydroxylation is 1. The van der Waals surface area contributed by atoms with E-state index in [0.717, 1.165) is 17.9 Å². The summed E-state index contributed by atoms with van der Waals surface area (Å²) in [5.41, 5.74) is 2.31. The standard InChI is InChI=1S/C14H18N4O/c1-10-5-4-6-15-12(10)7-11(2)18-13-8-14(19-3)17-9-16-13/h4-6,8-9,11H,7H2,1-3H3,(H,16,17,18)/t11-/m0/s1. The van der Waals surface area contributed by atoms with E-state index >= 15 is 0 Å². The molecule has 0 aliphatic rings. The van der Waals surface area contributed by atoms with Gasteiger partial charge in [0.05, 0.1) is 7.11 Å². The summed E-state index contributed by atoms with van der Waals surface area (Å²) in [7, 11) is 1.59. The number of pyridine rings is 1. The molecule has 2 aromatic heterocycles. The molecule has 19 heavy (non-hydrogen) atoms. The summed E-state index contributed by atoms with van der Waals surface area (Å²) in [6, 6.07) is 6.03. The quantitative estimate of drug-likeness (QED) is 0.891. The van der Waals surface area contributed by atoms with Crippen molar-refractivity contribution in [3.8, 4) is 5.88 Å². The second kappa shape index (κ2) is 6.13. The van der Waals surface area contributed by atoms with Gasteiger partial charge in [0.25, 0.3) is 0 Å². The SMILES string of the molecule is COc1cc(N[C@@H](C)Cc2ncccc2C)ncn1. The molecule has 0 bridgehead atoms. The lowest BCUT2D eigenvalue weighted by molar-refractivity contribution is 0.397. The van der Waals surface area contributed by atoms with Gasteiger partial charge in [0.15, 0.2) is 0 Å². The van der Waals surface area contributed by atoms with Crippen LogP contribution in [0.25, 0.3) is 0 Å². The van der Waals surface area contributed by atoms with Crippen molar-refractivity contribution in [2.45, 2.75) is 26.3 Å². The summed E-state index contributed by atoms with van der Waals surface area (Å²) in [4.78, 5) is 12.5. The fraction of sp³-hybridized carbons (Fsp3) is 0.357. The maximum absolute atomic E-state index is 5.07. The van der Waals surface area contributed by atoms with E-state index in [1.807, 2.05) is 12.3 Å². The molecule has 0 radical (unpaired) electrons. The lowest BCUT2D eigenvalue weighted by Gasteiger charge is -2.15. The summed E-state index contributed by atoms with van der Waals surface area (Å²) in [5, 5.41) is 3.32. The fourth-order valence-corrected chi connectivity index (χ4v) is 1.86. The van der Waals surface area contributed by atoms with Crippen molar-refractivity contribution >= 4 is 5.82 Å². The van der Waals surface area contributed by atoms with Gasteiger partial charge in [-0.25, -0.2) is 9.97 Å². The molecule has 1 N–H and O–H groups in total. The van der Waals surface area contributed by atoms with Crippen molar-refractivity contribution in [3.63, 3.8) is 0 Å². The largest absolute Gasteiger partial charge is 0.481 e. The third-order valence-electron chi connectivity index (χ3n) is 2.86. The molecular formula is C14H18N4O. The molecule has 0 unspecified atom stereocenters. The summed E-state index contributed by atoms with van der Waals surface area (Å²) >= 11 is 0. The van der Waals surface area contributed by atoms with Gasteiger partial charge < -0.3 is 10.1 Å². The summed E-state index contributed by atoms with van der Waals surface area (Å²) in [6.45, 7) is 4.17. The van der Waals surface area contributed by atoms with E-state index in [-0.39, 0.29) is 6.04 Å². The number of hydrogen-bond acceptors (Lipinski definition) is 5. The molecule has 0 amide bonds. The molecular weight excluding hydrogens is 240 g/mol. The molecule has 0 spiro atoms. The van der Waals surface area contributed by atoms with Crippen molar-refractivity contribution in [1.29, 1.82) is 0 Å². The molecule has 0 saturated heterocycles. The van der Waals surface area contributed by atoms with Gasteiger partial charge in [-0.05, 0) is 25.5 Å². The monoisotopic (exact) mass is 258 g/mol. The van der Waals surface area contributed by atoms with Crippen LogP contribution in [0.2, 0.25) is 0 Å². The van der Waals surface area contributed by atoms with Crippen LogP contribution in [0.15, 0.2) is 30.7 Å². The maximum atomic E-state index is 5.07. The first-order chi connectivity index (χ1) is 9.19. The van der Waals surface area contributed by atoms with E-state index in [9.17, 15) is 0 Å². The van der Waals surface area contributed by atoms with Gasteiger partial charge in [-0.1, -0.05) is 6.07 Å². The average Bonchev–Trinajstić information content (AvgIpc) is 2.41. The Bertz CT molecular complexity index is 544. The lowest BCUT2D eigenvalue weighted by atomic mass is 10.1. The minimum atomic E-state index is 0.230. The molecule has 0 saturated carbocycles. The normalized spacial score (nSPS) is 11.9. The number of hydrogen-bond donors (Lipinski definition) is 1. The number of rotatable bonds is 5. The third kappa shape index (κ3) is 3.64. The number of methoxy groups -OCH3 is 1. The topological polar surface area (TPSA) is 59.9 Å². The van der Waals surface area contributed by atoms with E-state index in [2.05, 4.69) is 40.2 Å². The number of nitrogens with one attached hydrogen (secondary N) is 1. The van der Waals surface area contributed by atoms with Gasteiger partial charge in [-0.2, -0.15) is 0 Å². The van der Waals surface area contributed by atoms with Crippen LogP contribution in [0.1, 0.15) is 18.2 Å². The Morgan fingerprint density at radius 1 is 1.32 bits per heavy atom. The molecule has 2 aromatic rings. The van der Waals surface area contributed by atoms with Crippen LogP contribution in [0, 0.1) is 6.92 Å². The first-order valence-electron chi connectivity index (χ1n) is 6.22. The molecule has 0 aromatic carbocycles. The van der Waals surface area contributed by atoms with Crippen LogP contribution >= 0.6 is 0 Å². The molecule has 2 heterocycles. The predicted molar refractivity (Wildman–Crippen MR) is 74.3 cm³/mol. The highest BCUT2D eigenvalue weighted by Gasteiger charge is 2.08. The van der Waals surface area contributed by atoms with Crippen LogP contribution in [-0.4, -0.2) is 28.1 Å². The Balaban J connectivity index is 2.01. The molecule has 100 valence electrons. The van der Waals surface area contributed by atoms with Gasteiger partial charge in [0.1, 0.15) is 12.1 Å². The van der Waals surface area contributed by atoms with Crippen LogP contribution in [0.4, 0.5) is 5.82 Å². The Morgan fingerprint density at radius 2 is 2.16 bits per heavy atom. The zero-order valence-corrected chi connectivity index (χ0v) is 11.4. The first-order valence-corrected chi connectivity index (χ1v) is 6.22. The highest BCUT2D eigenvalue weighted by Crippen LogP contribution is 2.13. The second-order valence-corrected chi connectivity index (χ2v) is 4.46. The van der Waals surface area contributed by atoms with E-state index in [1.165, 1.54) is 11.9 Å². The highest BCUT2D eigenvalue weighted by molar-refractivity contribution is 5.38. The van der Waals surface area contributed by atoms with Gasteiger partial charge in [0, 0.05) is 30.4 Å². The third-order valence-corrected chi connectivity index (χ3v) is 2.86. The summed E-state index contributed by atoms with van der Waals surface area (Å²) in [6.07, 6.45) is 4.15. The molecule has 5 heteroatoms. The molecule has 0 aliphatic carbocycles. The molecule has 2 rings (SSSR count). The Labute approximate surface area is 113 Å². The van der Waals surface area contributed by atoms with E-state index in [1.54, 1.807) is 13.2 Å². The van der Waals surface area contributed by atoms with Crippen LogP contribution in [0.3, 0.4) is 0 Å². The average molecular weight is 258 g/mol. The zero-order valence-electron chi connectivity index (χ0n) is 11.4. The number of ether oxygens (including phenoxy) is 1. The van der Waals surface area contributed by atoms with Crippen LogP contribution in [0.5, 0.6) is 5.88 Å². The van der Waals surface area contributed by atoms with Crippen LogP contribution < -0.4 is 10.1 Å². The lowest BCUT2D eigenvalue weighted by Crippen LogP contribution is -2.20. The zero-order chi connectivity index (χ0) is 13.7. The van der Waals surface area contributed by atoms with Crippen molar-refractivity contribution < 1.29 is 4.74 Å². The highest BCUT2D eigenvalue weighted by atomic mass is 16.5. The number of nitrogens with zero attached hydrogens (tertiary/aromatic N) is 3. The number of anilines is 1. The molecule has 1 atom stereocenters.